The third-order valence-electron chi connectivity index (χ3n) is 6.49. The molecule has 8 heteroatoms. The molecule has 3 aromatic heterocycles. The largest absolute Gasteiger partial charge is 0.347 e. The predicted molar refractivity (Wildman–Crippen MR) is 128 cm³/mol. The van der Waals surface area contributed by atoms with Crippen LogP contribution in [0.15, 0.2) is 53.5 Å². The van der Waals surface area contributed by atoms with Gasteiger partial charge < -0.3 is 10.6 Å². The maximum Gasteiger partial charge on any atom is 0.270 e. The Morgan fingerprint density at radius 3 is 2.74 bits per heavy atom. The Morgan fingerprint density at radius 1 is 1.12 bits per heavy atom. The van der Waals surface area contributed by atoms with E-state index >= 15 is 0 Å². The maximum absolute atomic E-state index is 14.6. The Morgan fingerprint density at radius 2 is 1.94 bits per heavy atom. The monoisotopic (exact) mass is 459 g/mol. The standard InChI is InChI=1S/C26H26FN5O2/c1-16-19(15-29-26(34)23-12-25(33)32-8-3-2-7-24(32)31-23)9-18-10-20(21(27)11-22(18)30-16)14-28-13-17-5-4-6-17/h2-3,7-12,17,28H,4-6,13-15H2,1H3,(H,29,34). The number of hydrogen-bond acceptors (Lipinski definition) is 5. The lowest BCUT2D eigenvalue weighted by Gasteiger charge is -2.25. The van der Waals surface area contributed by atoms with Gasteiger partial charge in [-0.05, 0) is 62.1 Å². The first-order chi connectivity index (χ1) is 16.5. The summed E-state index contributed by atoms with van der Waals surface area (Å²) in [6, 6.07) is 11.6. The zero-order valence-electron chi connectivity index (χ0n) is 19.0. The van der Waals surface area contributed by atoms with Gasteiger partial charge in [-0.3, -0.25) is 19.0 Å². The number of amides is 1. The van der Waals surface area contributed by atoms with Crippen molar-refractivity contribution in [1.29, 1.82) is 0 Å². The van der Waals surface area contributed by atoms with Gasteiger partial charge in [0, 0.05) is 48.1 Å². The van der Waals surface area contributed by atoms with Gasteiger partial charge in [-0.15, -0.1) is 0 Å². The van der Waals surface area contributed by atoms with E-state index in [0.29, 0.717) is 34.9 Å². The van der Waals surface area contributed by atoms with Crippen molar-refractivity contribution >= 4 is 22.5 Å². The number of pyridine rings is 2. The third-order valence-corrected chi connectivity index (χ3v) is 6.49. The Kier molecular flexibility index (Phi) is 6.06. The first-order valence-corrected chi connectivity index (χ1v) is 11.5. The molecule has 1 aliphatic rings. The third kappa shape index (κ3) is 4.54. The van der Waals surface area contributed by atoms with Crippen molar-refractivity contribution in [3.63, 3.8) is 0 Å². The molecule has 4 aromatic rings. The van der Waals surface area contributed by atoms with E-state index in [9.17, 15) is 14.0 Å². The first kappa shape index (κ1) is 22.2. The summed E-state index contributed by atoms with van der Waals surface area (Å²) in [5.41, 5.74) is 2.85. The fraction of sp³-hybridized carbons (Fsp3) is 0.308. The molecule has 1 amide bonds. The SMILES string of the molecule is Cc1nc2cc(F)c(CNCC3CCC3)cc2cc1CNC(=O)c1cc(=O)n2ccccc2n1. The van der Waals surface area contributed by atoms with Gasteiger partial charge in [-0.2, -0.15) is 0 Å². The number of carbonyl (C=O) groups excluding carboxylic acids is 1. The van der Waals surface area contributed by atoms with Crippen LogP contribution in [0, 0.1) is 18.7 Å². The smallest absolute Gasteiger partial charge is 0.270 e. The molecule has 1 aliphatic carbocycles. The summed E-state index contributed by atoms with van der Waals surface area (Å²) < 4.78 is 16.0. The minimum absolute atomic E-state index is 0.0597. The van der Waals surface area contributed by atoms with Crippen LogP contribution in [0.2, 0.25) is 0 Å². The molecule has 3 heterocycles. The van der Waals surface area contributed by atoms with E-state index in [0.717, 1.165) is 17.5 Å². The van der Waals surface area contributed by atoms with E-state index in [1.54, 1.807) is 24.4 Å². The lowest BCUT2D eigenvalue weighted by Crippen LogP contribution is -2.27. The molecular weight excluding hydrogens is 433 g/mol. The van der Waals surface area contributed by atoms with Gasteiger partial charge in [-0.25, -0.2) is 9.37 Å². The molecule has 0 bridgehead atoms. The van der Waals surface area contributed by atoms with E-state index in [1.807, 2.05) is 19.1 Å². The zero-order valence-corrected chi connectivity index (χ0v) is 19.0. The van der Waals surface area contributed by atoms with Crippen molar-refractivity contribution in [1.82, 2.24) is 25.0 Å². The fourth-order valence-corrected chi connectivity index (χ4v) is 4.24. The number of carbonyl (C=O) groups is 1. The Hall–Kier alpha value is -3.65. The maximum atomic E-state index is 14.6. The topological polar surface area (TPSA) is 88.4 Å². The summed E-state index contributed by atoms with van der Waals surface area (Å²) in [6.45, 7) is 3.43. The molecule has 5 rings (SSSR count). The second-order valence-electron chi connectivity index (χ2n) is 8.89. The second-order valence-corrected chi connectivity index (χ2v) is 8.89. The second kappa shape index (κ2) is 9.30. The molecule has 1 aromatic carbocycles. The summed E-state index contributed by atoms with van der Waals surface area (Å²) in [5.74, 6) is -0.00500. The van der Waals surface area contributed by atoms with Gasteiger partial charge in [0.2, 0.25) is 0 Å². The Bertz CT molecular complexity index is 1440. The van der Waals surface area contributed by atoms with Crippen LogP contribution in [0.3, 0.4) is 0 Å². The van der Waals surface area contributed by atoms with Crippen molar-refractivity contribution < 1.29 is 9.18 Å². The quantitative estimate of drug-likeness (QED) is 0.442. The molecule has 0 saturated heterocycles. The Balaban J connectivity index is 1.32. The first-order valence-electron chi connectivity index (χ1n) is 11.5. The molecule has 0 atom stereocenters. The number of benzene rings is 1. The highest BCUT2D eigenvalue weighted by Gasteiger charge is 2.17. The average Bonchev–Trinajstić information content (AvgIpc) is 2.79. The summed E-state index contributed by atoms with van der Waals surface area (Å²) in [4.78, 5) is 33.8. The fourth-order valence-electron chi connectivity index (χ4n) is 4.24. The molecule has 174 valence electrons. The summed E-state index contributed by atoms with van der Waals surface area (Å²) in [6.07, 6.45) is 5.38. The molecule has 1 fully saturated rings. The van der Waals surface area contributed by atoms with Crippen LogP contribution < -0.4 is 16.2 Å². The lowest BCUT2D eigenvalue weighted by atomic mass is 9.85. The molecule has 2 N–H and O–H groups in total. The number of aromatic nitrogens is 3. The normalized spacial score (nSPS) is 13.8. The van der Waals surface area contributed by atoms with Gasteiger partial charge in [0.15, 0.2) is 0 Å². The van der Waals surface area contributed by atoms with Crippen molar-refractivity contribution in [2.45, 2.75) is 39.3 Å². The molecule has 0 radical (unpaired) electrons. The number of aryl methyl sites for hydroxylation is 1. The van der Waals surface area contributed by atoms with Gasteiger partial charge in [-0.1, -0.05) is 12.5 Å². The number of fused-ring (bicyclic) bond motifs is 2. The van der Waals surface area contributed by atoms with Crippen LogP contribution >= 0.6 is 0 Å². The van der Waals surface area contributed by atoms with Gasteiger partial charge in [0.25, 0.3) is 11.5 Å². The van der Waals surface area contributed by atoms with E-state index in [4.69, 9.17) is 0 Å². The molecular formula is C26H26FN5O2. The average molecular weight is 460 g/mol. The number of rotatable bonds is 7. The summed E-state index contributed by atoms with van der Waals surface area (Å²) in [5, 5.41) is 7.00. The summed E-state index contributed by atoms with van der Waals surface area (Å²) in [7, 11) is 0. The van der Waals surface area contributed by atoms with Crippen LogP contribution in [-0.2, 0) is 13.1 Å². The van der Waals surface area contributed by atoms with E-state index in [-0.39, 0.29) is 23.6 Å². The van der Waals surface area contributed by atoms with Crippen LogP contribution in [0.4, 0.5) is 4.39 Å². The van der Waals surface area contributed by atoms with E-state index < -0.39 is 5.91 Å². The van der Waals surface area contributed by atoms with Gasteiger partial charge >= 0.3 is 0 Å². The molecule has 0 spiro atoms. The zero-order chi connectivity index (χ0) is 23.7. The number of hydrogen-bond donors (Lipinski definition) is 2. The van der Waals surface area contributed by atoms with E-state index in [1.165, 1.54) is 35.8 Å². The predicted octanol–water partition coefficient (Wildman–Crippen LogP) is 3.51. The van der Waals surface area contributed by atoms with Crippen molar-refractivity contribution in [3.05, 3.63) is 87.3 Å². The highest BCUT2D eigenvalue weighted by Crippen LogP contribution is 2.26. The minimum Gasteiger partial charge on any atom is -0.347 e. The van der Waals surface area contributed by atoms with Gasteiger partial charge in [0.1, 0.15) is 17.2 Å². The lowest BCUT2D eigenvalue weighted by molar-refractivity contribution is 0.0946. The van der Waals surface area contributed by atoms with Crippen molar-refractivity contribution in [2.24, 2.45) is 5.92 Å². The molecule has 0 aliphatic heterocycles. The van der Waals surface area contributed by atoms with Crippen molar-refractivity contribution in [2.75, 3.05) is 6.54 Å². The van der Waals surface area contributed by atoms with Gasteiger partial charge in [0.05, 0.1) is 5.52 Å². The minimum atomic E-state index is -0.442. The van der Waals surface area contributed by atoms with Crippen LogP contribution in [0.25, 0.3) is 16.6 Å². The van der Waals surface area contributed by atoms with Crippen molar-refractivity contribution in [3.8, 4) is 0 Å². The molecule has 0 unspecified atom stereocenters. The molecule has 7 nitrogen and oxygen atoms in total. The Labute approximate surface area is 196 Å². The molecule has 34 heavy (non-hydrogen) atoms. The highest BCUT2D eigenvalue weighted by atomic mass is 19.1. The summed E-state index contributed by atoms with van der Waals surface area (Å²) >= 11 is 0. The van der Waals surface area contributed by atoms with Crippen LogP contribution in [0.1, 0.15) is 46.6 Å². The highest BCUT2D eigenvalue weighted by molar-refractivity contribution is 5.92. The van der Waals surface area contributed by atoms with E-state index in [2.05, 4.69) is 20.6 Å². The van der Waals surface area contributed by atoms with Crippen LogP contribution in [0.5, 0.6) is 0 Å². The van der Waals surface area contributed by atoms with Crippen LogP contribution in [-0.4, -0.2) is 26.8 Å². The number of nitrogens with one attached hydrogen (secondary N) is 2. The molecule has 1 saturated carbocycles. The number of nitrogens with zero attached hydrogens (tertiary/aromatic N) is 3. The number of halogens is 1.